The summed E-state index contributed by atoms with van der Waals surface area (Å²) in [7, 11) is 0. The lowest BCUT2D eigenvalue weighted by molar-refractivity contribution is -0.117. The highest BCUT2D eigenvalue weighted by Gasteiger charge is 2.16. The van der Waals surface area contributed by atoms with Crippen molar-refractivity contribution in [3.8, 4) is 0 Å². The number of furan rings is 2. The summed E-state index contributed by atoms with van der Waals surface area (Å²) in [5.41, 5.74) is 0.104. The number of nitrogens with one attached hydrogen (secondary N) is 2. The molecule has 2 N–H and O–H groups in total. The lowest BCUT2D eigenvalue weighted by Gasteiger charge is -2.09. The van der Waals surface area contributed by atoms with E-state index in [1.807, 2.05) is 6.92 Å². The molecule has 2 rings (SSSR count). The highest BCUT2D eigenvalue weighted by Crippen LogP contribution is 2.08. The molecule has 0 fully saturated rings. The van der Waals surface area contributed by atoms with Crippen LogP contribution in [0, 0.1) is 0 Å². The van der Waals surface area contributed by atoms with Gasteiger partial charge in [-0.2, -0.15) is 0 Å². The first kappa shape index (κ1) is 15.6. The van der Waals surface area contributed by atoms with Crippen LogP contribution in [0.15, 0.2) is 51.3 Å². The predicted molar refractivity (Wildman–Crippen MR) is 80.8 cm³/mol. The molecule has 116 valence electrons. The van der Waals surface area contributed by atoms with Crippen LogP contribution < -0.4 is 10.6 Å². The first-order valence-electron chi connectivity index (χ1n) is 7.09. The van der Waals surface area contributed by atoms with E-state index in [-0.39, 0.29) is 17.4 Å². The van der Waals surface area contributed by atoms with E-state index in [1.54, 1.807) is 18.2 Å². The molecular formula is C16H18N2O4. The third-order valence-corrected chi connectivity index (χ3v) is 2.88. The third-order valence-electron chi connectivity index (χ3n) is 2.88. The third kappa shape index (κ3) is 4.37. The number of amides is 2. The lowest BCUT2D eigenvalue weighted by Crippen LogP contribution is -2.35. The van der Waals surface area contributed by atoms with Crippen LogP contribution >= 0.6 is 0 Å². The molecule has 0 aliphatic heterocycles. The summed E-state index contributed by atoms with van der Waals surface area (Å²) in [6, 6.07) is 6.52. The fourth-order valence-corrected chi connectivity index (χ4v) is 1.74. The maximum absolute atomic E-state index is 12.2. The molecule has 0 aliphatic carbocycles. The van der Waals surface area contributed by atoms with E-state index < -0.39 is 5.91 Å². The van der Waals surface area contributed by atoms with Crippen LogP contribution in [0.3, 0.4) is 0 Å². The monoisotopic (exact) mass is 302 g/mol. The Morgan fingerprint density at radius 1 is 1.18 bits per heavy atom. The molecule has 6 nitrogen and oxygen atoms in total. The summed E-state index contributed by atoms with van der Waals surface area (Å²) in [5, 5.41) is 5.29. The molecule has 2 amide bonds. The number of carbonyl (C=O) groups is 2. The van der Waals surface area contributed by atoms with E-state index in [1.165, 1.54) is 24.7 Å². The van der Waals surface area contributed by atoms with Crippen LogP contribution in [0.25, 0.3) is 6.08 Å². The van der Waals surface area contributed by atoms with Gasteiger partial charge in [0, 0.05) is 12.6 Å². The average Bonchev–Trinajstić information content (AvgIpc) is 3.20. The second-order valence-corrected chi connectivity index (χ2v) is 4.61. The Labute approximate surface area is 128 Å². The summed E-state index contributed by atoms with van der Waals surface area (Å²) in [5.74, 6) is -0.259. The summed E-state index contributed by atoms with van der Waals surface area (Å²) >= 11 is 0. The second kappa shape index (κ2) is 7.87. The molecule has 0 spiro atoms. The van der Waals surface area contributed by atoms with Gasteiger partial charge in [-0.15, -0.1) is 0 Å². The summed E-state index contributed by atoms with van der Waals surface area (Å²) in [4.78, 5) is 24.2. The van der Waals surface area contributed by atoms with Crippen molar-refractivity contribution in [3.63, 3.8) is 0 Å². The van der Waals surface area contributed by atoms with Crippen molar-refractivity contribution in [2.45, 2.75) is 19.8 Å². The molecular weight excluding hydrogens is 284 g/mol. The maximum Gasteiger partial charge on any atom is 0.291 e. The molecule has 0 radical (unpaired) electrons. The molecule has 0 bridgehead atoms. The normalized spacial score (nSPS) is 11.2. The zero-order valence-corrected chi connectivity index (χ0v) is 12.3. The number of carbonyl (C=O) groups excluding carboxylic acids is 2. The van der Waals surface area contributed by atoms with Crippen LogP contribution in [0.5, 0.6) is 0 Å². The van der Waals surface area contributed by atoms with Crippen molar-refractivity contribution in [3.05, 3.63) is 54.0 Å². The highest BCUT2D eigenvalue weighted by atomic mass is 16.3. The Hall–Kier alpha value is -2.76. The zero-order valence-electron chi connectivity index (χ0n) is 12.3. The summed E-state index contributed by atoms with van der Waals surface area (Å²) in [6.07, 6.45) is 6.20. The van der Waals surface area contributed by atoms with Crippen molar-refractivity contribution >= 4 is 17.9 Å². The molecule has 0 atom stereocenters. The summed E-state index contributed by atoms with van der Waals surface area (Å²) < 4.78 is 10.2. The molecule has 6 heteroatoms. The van der Waals surface area contributed by atoms with E-state index in [2.05, 4.69) is 10.6 Å². The largest absolute Gasteiger partial charge is 0.465 e. The van der Waals surface area contributed by atoms with E-state index >= 15 is 0 Å². The maximum atomic E-state index is 12.2. The SMILES string of the molecule is CCCCNC(=O)/C(=C/c1ccco1)NC(=O)c1ccco1. The van der Waals surface area contributed by atoms with E-state index in [0.29, 0.717) is 12.3 Å². The first-order chi connectivity index (χ1) is 10.7. The number of hydrogen-bond acceptors (Lipinski definition) is 4. The Kier molecular flexibility index (Phi) is 5.59. The van der Waals surface area contributed by atoms with Crippen LogP contribution in [0.4, 0.5) is 0 Å². The minimum atomic E-state index is -0.492. The number of unbranched alkanes of at least 4 members (excludes halogenated alkanes) is 1. The standard InChI is InChI=1S/C16H18N2O4/c1-2-3-8-17-15(19)13(11-12-6-4-9-21-12)18-16(20)14-7-5-10-22-14/h4-7,9-11H,2-3,8H2,1H3,(H,17,19)(H,18,20)/b13-11-. The van der Waals surface area contributed by atoms with Gasteiger partial charge in [-0.05, 0) is 30.7 Å². The van der Waals surface area contributed by atoms with E-state index in [9.17, 15) is 9.59 Å². The molecule has 2 aromatic heterocycles. The molecule has 0 saturated carbocycles. The van der Waals surface area contributed by atoms with Gasteiger partial charge in [-0.3, -0.25) is 9.59 Å². The molecule has 0 saturated heterocycles. The molecule has 2 aromatic rings. The van der Waals surface area contributed by atoms with Crippen molar-refractivity contribution in [1.82, 2.24) is 10.6 Å². The van der Waals surface area contributed by atoms with Crippen LogP contribution in [-0.2, 0) is 4.79 Å². The lowest BCUT2D eigenvalue weighted by atomic mass is 10.2. The topological polar surface area (TPSA) is 84.5 Å². The molecule has 0 aromatic carbocycles. The van der Waals surface area contributed by atoms with Crippen molar-refractivity contribution in [1.29, 1.82) is 0 Å². The molecule has 0 unspecified atom stereocenters. The van der Waals surface area contributed by atoms with Gasteiger partial charge >= 0.3 is 0 Å². The van der Waals surface area contributed by atoms with E-state index in [0.717, 1.165) is 12.8 Å². The Morgan fingerprint density at radius 3 is 2.59 bits per heavy atom. The minimum Gasteiger partial charge on any atom is -0.465 e. The molecule has 2 heterocycles. The van der Waals surface area contributed by atoms with Crippen molar-refractivity contribution < 1.29 is 18.4 Å². The Balaban J connectivity index is 2.11. The van der Waals surface area contributed by atoms with Crippen molar-refractivity contribution in [2.75, 3.05) is 6.54 Å². The van der Waals surface area contributed by atoms with Gasteiger partial charge in [-0.25, -0.2) is 0 Å². The first-order valence-corrected chi connectivity index (χ1v) is 7.09. The Morgan fingerprint density at radius 2 is 1.95 bits per heavy atom. The number of rotatable bonds is 7. The fourth-order valence-electron chi connectivity index (χ4n) is 1.74. The number of hydrogen-bond donors (Lipinski definition) is 2. The van der Waals surface area contributed by atoms with Gasteiger partial charge in [0.15, 0.2) is 5.76 Å². The second-order valence-electron chi connectivity index (χ2n) is 4.61. The van der Waals surface area contributed by atoms with Crippen LogP contribution in [0.1, 0.15) is 36.1 Å². The average molecular weight is 302 g/mol. The zero-order chi connectivity index (χ0) is 15.8. The molecule has 0 aliphatic rings. The summed E-state index contributed by atoms with van der Waals surface area (Å²) in [6.45, 7) is 2.58. The van der Waals surface area contributed by atoms with Gasteiger partial charge in [0.2, 0.25) is 0 Å². The van der Waals surface area contributed by atoms with Crippen LogP contribution in [-0.4, -0.2) is 18.4 Å². The van der Waals surface area contributed by atoms with E-state index in [4.69, 9.17) is 8.83 Å². The predicted octanol–water partition coefficient (Wildman–Crippen LogP) is 2.56. The molecule has 22 heavy (non-hydrogen) atoms. The van der Waals surface area contributed by atoms with Gasteiger partial charge in [0.1, 0.15) is 11.5 Å². The van der Waals surface area contributed by atoms with Crippen molar-refractivity contribution in [2.24, 2.45) is 0 Å². The Bertz CT molecular complexity index is 627. The minimum absolute atomic E-state index is 0.104. The highest BCUT2D eigenvalue weighted by molar-refractivity contribution is 6.04. The fraction of sp³-hybridized carbons (Fsp3) is 0.250. The van der Waals surface area contributed by atoms with Gasteiger partial charge in [-0.1, -0.05) is 13.3 Å². The van der Waals surface area contributed by atoms with Gasteiger partial charge < -0.3 is 19.5 Å². The van der Waals surface area contributed by atoms with Gasteiger partial charge in [0.05, 0.1) is 12.5 Å². The smallest absolute Gasteiger partial charge is 0.291 e. The van der Waals surface area contributed by atoms with Crippen LogP contribution in [0.2, 0.25) is 0 Å². The van der Waals surface area contributed by atoms with Gasteiger partial charge in [0.25, 0.3) is 11.8 Å². The quantitative estimate of drug-likeness (QED) is 0.608.